The Labute approximate surface area is 157 Å². The first kappa shape index (κ1) is 20.2. The van der Waals surface area contributed by atoms with Crippen molar-refractivity contribution in [2.45, 2.75) is 38.5 Å². The highest BCUT2D eigenvalue weighted by molar-refractivity contribution is 14.0. The van der Waals surface area contributed by atoms with Crippen LogP contribution in [0.3, 0.4) is 0 Å². The van der Waals surface area contributed by atoms with Crippen LogP contribution in [0.4, 0.5) is 5.69 Å². The molecule has 2 rings (SSSR count). The topological polar surface area (TPSA) is 36.9 Å². The molecular weight excluding hydrogens is 401 g/mol. The quantitative estimate of drug-likeness (QED) is 0.302. The maximum atomic E-state index is 5.09. The molecule has 0 aliphatic carbocycles. The fraction of sp³-hybridized carbons (Fsp3) is 0.611. The number of nitrogens with zero attached hydrogens (tertiary/aromatic N) is 2. The standard InChI is InChI=1S/C18H29N3O.HI/c1-22-16-10-3-7-13-19-18(21-14-8-4-9-15-21)20-17-11-5-2-6-12-17;/h2,5-6,11-12H,3-4,7-10,13-16H2,1H3,(H,19,20);1H. The second-order valence-corrected chi connectivity index (χ2v) is 5.80. The van der Waals surface area contributed by atoms with E-state index in [0.29, 0.717) is 0 Å². The van der Waals surface area contributed by atoms with E-state index in [4.69, 9.17) is 9.73 Å². The van der Waals surface area contributed by atoms with E-state index in [2.05, 4.69) is 34.5 Å². The number of hydrogen-bond donors (Lipinski definition) is 1. The number of nitrogens with one attached hydrogen (secondary N) is 1. The Kier molecular flexibility index (Phi) is 11.1. The third kappa shape index (κ3) is 8.01. The Morgan fingerprint density at radius 2 is 1.83 bits per heavy atom. The lowest BCUT2D eigenvalue weighted by Crippen LogP contribution is -2.40. The van der Waals surface area contributed by atoms with E-state index in [1.807, 2.05) is 6.07 Å². The van der Waals surface area contributed by atoms with Crippen LogP contribution in [0.2, 0.25) is 0 Å². The van der Waals surface area contributed by atoms with E-state index < -0.39 is 0 Å². The highest BCUT2D eigenvalue weighted by Gasteiger charge is 2.14. The zero-order valence-electron chi connectivity index (χ0n) is 14.2. The van der Waals surface area contributed by atoms with Crippen LogP contribution in [-0.4, -0.2) is 44.2 Å². The van der Waals surface area contributed by atoms with E-state index in [-0.39, 0.29) is 24.0 Å². The number of rotatable bonds is 7. The first-order chi connectivity index (χ1) is 10.9. The minimum absolute atomic E-state index is 0. The molecule has 1 N–H and O–H groups in total. The normalized spacial score (nSPS) is 15.2. The second-order valence-electron chi connectivity index (χ2n) is 5.80. The third-order valence-electron chi connectivity index (χ3n) is 3.95. The molecule has 1 aromatic carbocycles. The predicted octanol–water partition coefficient (Wildman–Crippen LogP) is 4.38. The molecule has 0 aromatic heterocycles. The van der Waals surface area contributed by atoms with Gasteiger partial charge in [-0.05, 0) is 50.7 Å². The minimum atomic E-state index is 0. The molecule has 1 fully saturated rings. The molecule has 130 valence electrons. The van der Waals surface area contributed by atoms with Gasteiger partial charge in [-0.25, -0.2) is 0 Å². The number of halogens is 1. The van der Waals surface area contributed by atoms with Gasteiger partial charge in [-0.1, -0.05) is 18.2 Å². The molecule has 4 nitrogen and oxygen atoms in total. The Balaban J connectivity index is 0.00000264. The summed E-state index contributed by atoms with van der Waals surface area (Å²) < 4.78 is 5.09. The highest BCUT2D eigenvalue weighted by Crippen LogP contribution is 2.13. The smallest absolute Gasteiger partial charge is 0.198 e. The van der Waals surface area contributed by atoms with Crippen molar-refractivity contribution in [2.24, 2.45) is 4.99 Å². The van der Waals surface area contributed by atoms with Crippen molar-refractivity contribution < 1.29 is 4.74 Å². The van der Waals surface area contributed by atoms with Gasteiger partial charge in [-0.15, -0.1) is 24.0 Å². The van der Waals surface area contributed by atoms with Crippen LogP contribution in [0.5, 0.6) is 0 Å². The van der Waals surface area contributed by atoms with Crippen molar-refractivity contribution in [1.82, 2.24) is 4.90 Å². The van der Waals surface area contributed by atoms with Crippen LogP contribution in [0.25, 0.3) is 0 Å². The molecule has 0 radical (unpaired) electrons. The van der Waals surface area contributed by atoms with Gasteiger partial charge in [0, 0.05) is 39.0 Å². The summed E-state index contributed by atoms with van der Waals surface area (Å²) in [6.07, 6.45) is 7.29. The summed E-state index contributed by atoms with van der Waals surface area (Å²) in [6.45, 7) is 3.96. The van der Waals surface area contributed by atoms with Gasteiger partial charge in [-0.2, -0.15) is 0 Å². The van der Waals surface area contributed by atoms with Gasteiger partial charge in [0.1, 0.15) is 0 Å². The SMILES string of the molecule is COCCCCCN=C(Nc1ccccc1)N1CCCCC1.I. The summed E-state index contributed by atoms with van der Waals surface area (Å²) in [6, 6.07) is 10.3. The monoisotopic (exact) mass is 431 g/mol. The summed E-state index contributed by atoms with van der Waals surface area (Å²) in [5, 5.41) is 3.50. The molecule has 0 atom stereocenters. The van der Waals surface area contributed by atoms with Crippen LogP contribution in [0, 0.1) is 0 Å². The lowest BCUT2D eigenvalue weighted by molar-refractivity contribution is 0.192. The third-order valence-corrected chi connectivity index (χ3v) is 3.95. The lowest BCUT2D eigenvalue weighted by Gasteiger charge is -2.30. The van der Waals surface area contributed by atoms with Gasteiger partial charge in [-0.3, -0.25) is 4.99 Å². The van der Waals surface area contributed by atoms with Gasteiger partial charge in [0.15, 0.2) is 5.96 Å². The number of unbranched alkanes of at least 4 members (excludes halogenated alkanes) is 2. The lowest BCUT2D eigenvalue weighted by atomic mass is 10.1. The van der Waals surface area contributed by atoms with Gasteiger partial charge in [0.05, 0.1) is 0 Å². The summed E-state index contributed by atoms with van der Waals surface area (Å²) in [4.78, 5) is 7.23. The zero-order chi connectivity index (χ0) is 15.5. The molecule has 1 saturated heterocycles. The molecule has 0 amide bonds. The molecule has 0 saturated carbocycles. The fourth-order valence-electron chi connectivity index (χ4n) is 2.69. The second kappa shape index (κ2) is 12.6. The highest BCUT2D eigenvalue weighted by atomic mass is 127. The molecule has 23 heavy (non-hydrogen) atoms. The molecule has 1 aromatic rings. The van der Waals surface area contributed by atoms with E-state index in [0.717, 1.165) is 50.7 Å². The number of piperidine rings is 1. The van der Waals surface area contributed by atoms with Crippen LogP contribution in [0.1, 0.15) is 38.5 Å². The summed E-state index contributed by atoms with van der Waals surface area (Å²) in [5.41, 5.74) is 1.12. The van der Waals surface area contributed by atoms with Crippen molar-refractivity contribution in [3.8, 4) is 0 Å². The van der Waals surface area contributed by atoms with E-state index in [1.54, 1.807) is 7.11 Å². The van der Waals surface area contributed by atoms with E-state index in [1.165, 1.54) is 25.7 Å². The predicted molar refractivity (Wildman–Crippen MR) is 109 cm³/mol. The van der Waals surface area contributed by atoms with Crippen molar-refractivity contribution in [3.63, 3.8) is 0 Å². The Hall–Kier alpha value is -0.820. The van der Waals surface area contributed by atoms with Crippen molar-refractivity contribution in [1.29, 1.82) is 0 Å². The van der Waals surface area contributed by atoms with Crippen molar-refractivity contribution >= 4 is 35.6 Å². The first-order valence-corrected chi connectivity index (χ1v) is 8.50. The van der Waals surface area contributed by atoms with E-state index in [9.17, 15) is 0 Å². The average molecular weight is 431 g/mol. The molecule has 1 aliphatic heterocycles. The maximum Gasteiger partial charge on any atom is 0.198 e. The maximum absolute atomic E-state index is 5.09. The van der Waals surface area contributed by atoms with Crippen LogP contribution < -0.4 is 5.32 Å². The zero-order valence-corrected chi connectivity index (χ0v) is 16.5. The van der Waals surface area contributed by atoms with Gasteiger partial charge >= 0.3 is 0 Å². The molecular formula is C18H30IN3O. The number of hydrogen-bond acceptors (Lipinski definition) is 2. The summed E-state index contributed by atoms with van der Waals surface area (Å²) in [7, 11) is 1.76. The van der Waals surface area contributed by atoms with Crippen LogP contribution >= 0.6 is 24.0 Å². The summed E-state index contributed by atoms with van der Waals surface area (Å²) >= 11 is 0. The number of guanidine groups is 1. The van der Waals surface area contributed by atoms with Gasteiger partial charge in [0.2, 0.25) is 0 Å². The number of ether oxygens (including phenoxy) is 1. The minimum Gasteiger partial charge on any atom is -0.385 e. The van der Waals surface area contributed by atoms with Gasteiger partial charge in [0.25, 0.3) is 0 Å². The van der Waals surface area contributed by atoms with Crippen molar-refractivity contribution in [3.05, 3.63) is 30.3 Å². The number of likely N-dealkylation sites (tertiary alicyclic amines) is 1. The van der Waals surface area contributed by atoms with Crippen LogP contribution in [0.15, 0.2) is 35.3 Å². The Bertz CT molecular complexity index is 433. The number of methoxy groups -OCH3 is 1. The molecule has 5 heteroatoms. The Morgan fingerprint density at radius 1 is 1.09 bits per heavy atom. The van der Waals surface area contributed by atoms with Gasteiger partial charge < -0.3 is 15.0 Å². The van der Waals surface area contributed by atoms with Crippen molar-refractivity contribution in [2.75, 3.05) is 38.7 Å². The largest absolute Gasteiger partial charge is 0.385 e. The number of aliphatic imine (C=N–C) groups is 1. The fourth-order valence-corrected chi connectivity index (χ4v) is 2.69. The first-order valence-electron chi connectivity index (χ1n) is 8.50. The Morgan fingerprint density at radius 3 is 2.52 bits per heavy atom. The number of anilines is 1. The van der Waals surface area contributed by atoms with E-state index >= 15 is 0 Å². The molecule has 0 spiro atoms. The summed E-state index contributed by atoms with van der Waals surface area (Å²) in [5.74, 6) is 1.04. The number of para-hydroxylation sites is 1. The molecule has 0 unspecified atom stereocenters. The average Bonchev–Trinajstić information content (AvgIpc) is 2.58. The van der Waals surface area contributed by atoms with Crippen LogP contribution in [-0.2, 0) is 4.74 Å². The molecule has 0 bridgehead atoms. The molecule has 1 aliphatic rings. The number of benzene rings is 1. The molecule has 1 heterocycles.